The first-order valence-electron chi connectivity index (χ1n) is 11.2. The van der Waals surface area contributed by atoms with Crippen LogP contribution >= 0.6 is 0 Å². The number of benzene rings is 1. The number of Topliss-reactive ketones (excluding diaryl/α,β-unsaturated/α-hetero) is 1. The Kier molecular flexibility index (Phi) is 5.40. The Morgan fingerprint density at radius 1 is 0.967 bits per heavy atom. The fourth-order valence-corrected chi connectivity index (χ4v) is 5.08. The molecule has 2 aliphatic heterocycles. The summed E-state index contributed by atoms with van der Waals surface area (Å²) in [6, 6.07) is 5.56. The number of fused-ring (bicyclic) bond motifs is 2. The molecular weight excluding hydrogens is 384 g/mol. The van der Waals surface area contributed by atoms with Crippen LogP contribution in [0.25, 0.3) is 5.57 Å². The summed E-state index contributed by atoms with van der Waals surface area (Å²) in [7, 11) is 0. The van der Waals surface area contributed by atoms with Crippen LogP contribution in [0, 0.1) is 11.8 Å². The zero-order valence-corrected chi connectivity index (χ0v) is 17.1. The zero-order chi connectivity index (χ0) is 20.5. The maximum atomic E-state index is 13.2. The van der Waals surface area contributed by atoms with Crippen LogP contribution in [0.1, 0.15) is 56.9 Å². The lowest BCUT2D eigenvalue weighted by atomic mass is 9.77. The van der Waals surface area contributed by atoms with Gasteiger partial charge in [0.05, 0.1) is 23.7 Å². The third-order valence-corrected chi connectivity index (χ3v) is 6.78. The van der Waals surface area contributed by atoms with E-state index in [0.717, 1.165) is 31.2 Å². The summed E-state index contributed by atoms with van der Waals surface area (Å²) >= 11 is 0. The van der Waals surface area contributed by atoms with E-state index >= 15 is 0 Å². The highest BCUT2D eigenvalue weighted by Crippen LogP contribution is 2.40. The number of hydrogen-bond donors (Lipinski definition) is 0. The first-order chi connectivity index (χ1) is 14.7. The van der Waals surface area contributed by atoms with Crippen molar-refractivity contribution in [2.45, 2.75) is 63.6 Å². The monoisotopic (exact) mass is 412 g/mol. The molecule has 0 saturated heterocycles. The minimum Gasteiger partial charge on any atom is -0.496 e. The predicted octanol–water partition coefficient (Wildman–Crippen LogP) is 4.06. The van der Waals surface area contributed by atoms with Crippen LogP contribution in [0.15, 0.2) is 24.5 Å². The number of carbonyl (C=O) groups excluding carboxylic acids is 2. The predicted molar refractivity (Wildman–Crippen MR) is 109 cm³/mol. The highest BCUT2D eigenvalue weighted by Gasteiger charge is 2.42. The highest BCUT2D eigenvalue weighted by atomic mass is 16.6. The maximum absolute atomic E-state index is 13.2. The van der Waals surface area contributed by atoms with Crippen molar-refractivity contribution in [1.82, 2.24) is 0 Å². The molecule has 2 fully saturated rings. The normalized spacial score (nSPS) is 28.7. The van der Waals surface area contributed by atoms with E-state index in [1.165, 1.54) is 6.42 Å². The van der Waals surface area contributed by atoms with Crippen molar-refractivity contribution in [2.24, 2.45) is 11.8 Å². The van der Waals surface area contributed by atoms with E-state index in [1.54, 1.807) is 6.26 Å². The number of carbonyl (C=O) groups is 2. The highest BCUT2D eigenvalue weighted by molar-refractivity contribution is 6.22. The Bertz CT molecular complexity index is 853. The van der Waals surface area contributed by atoms with Crippen LogP contribution in [-0.2, 0) is 19.1 Å². The van der Waals surface area contributed by atoms with Gasteiger partial charge in [0.15, 0.2) is 17.3 Å². The molecule has 30 heavy (non-hydrogen) atoms. The van der Waals surface area contributed by atoms with Gasteiger partial charge in [0.1, 0.15) is 25.4 Å². The summed E-state index contributed by atoms with van der Waals surface area (Å²) in [6.07, 6.45) is 8.47. The van der Waals surface area contributed by atoms with Crippen LogP contribution in [0.3, 0.4) is 0 Å². The van der Waals surface area contributed by atoms with Crippen LogP contribution < -0.4 is 9.47 Å². The van der Waals surface area contributed by atoms with E-state index in [-0.39, 0.29) is 35.8 Å². The SMILES string of the molecule is O=C(OC1CCC2C(=O)C(c3ccc4c(c3)OCCO4)=COC2C1)C1CCCCC1. The molecule has 0 N–H and O–H groups in total. The van der Waals surface area contributed by atoms with Gasteiger partial charge in [0.2, 0.25) is 0 Å². The molecule has 5 rings (SSSR count). The second-order valence-corrected chi connectivity index (χ2v) is 8.74. The van der Waals surface area contributed by atoms with Gasteiger partial charge in [-0.3, -0.25) is 9.59 Å². The van der Waals surface area contributed by atoms with Gasteiger partial charge in [-0.2, -0.15) is 0 Å². The second-order valence-electron chi connectivity index (χ2n) is 8.74. The average molecular weight is 412 g/mol. The number of hydrogen-bond acceptors (Lipinski definition) is 6. The van der Waals surface area contributed by atoms with E-state index in [0.29, 0.717) is 49.5 Å². The molecule has 0 aromatic heterocycles. The summed E-state index contributed by atoms with van der Waals surface area (Å²) in [6.45, 7) is 1.04. The van der Waals surface area contributed by atoms with Crippen LogP contribution in [0.2, 0.25) is 0 Å². The summed E-state index contributed by atoms with van der Waals surface area (Å²) in [5, 5.41) is 0. The molecule has 6 nitrogen and oxygen atoms in total. The van der Waals surface area contributed by atoms with Crippen LogP contribution in [0.4, 0.5) is 0 Å². The lowest BCUT2D eigenvalue weighted by Crippen LogP contribution is -2.42. The van der Waals surface area contributed by atoms with E-state index in [9.17, 15) is 9.59 Å². The van der Waals surface area contributed by atoms with Crippen molar-refractivity contribution in [3.05, 3.63) is 30.0 Å². The Labute approximate surface area is 176 Å². The molecule has 160 valence electrons. The Morgan fingerprint density at radius 2 is 1.77 bits per heavy atom. The van der Waals surface area contributed by atoms with Crippen molar-refractivity contribution in [3.63, 3.8) is 0 Å². The quantitative estimate of drug-likeness (QED) is 0.698. The fraction of sp³-hybridized carbons (Fsp3) is 0.583. The Morgan fingerprint density at radius 3 is 2.60 bits per heavy atom. The lowest BCUT2D eigenvalue weighted by Gasteiger charge is -2.37. The third-order valence-electron chi connectivity index (χ3n) is 6.78. The summed E-state index contributed by atoms with van der Waals surface area (Å²) in [5.74, 6) is 1.25. The van der Waals surface area contributed by atoms with Gasteiger partial charge in [0.25, 0.3) is 0 Å². The largest absolute Gasteiger partial charge is 0.496 e. The van der Waals surface area contributed by atoms with Crippen molar-refractivity contribution in [3.8, 4) is 11.5 Å². The standard InChI is InChI=1S/C24H28O6/c25-23-18-8-7-17(30-24(26)15-4-2-1-3-5-15)13-21(18)29-14-19(23)16-6-9-20-22(12-16)28-11-10-27-20/h6,9,12,14-15,17-18,21H,1-5,7-8,10-11,13H2. The summed E-state index contributed by atoms with van der Waals surface area (Å²) in [5.41, 5.74) is 1.36. The van der Waals surface area contributed by atoms with Gasteiger partial charge in [0, 0.05) is 6.42 Å². The number of ether oxygens (including phenoxy) is 4. The first-order valence-corrected chi connectivity index (χ1v) is 11.2. The van der Waals surface area contributed by atoms with Gasteiger partial charge in [-0.1, -0.05) is 25.3 Å². The number of esters is 1. The van der Waals surface area contributed by atoms with Crippen molar-refractivity contribution in [2.75, 3.05) is 13.2 Å². The first kappa shape index (κ1) is 19.5. The molecule has 0 bridgehead atoms. The molecule has 0 spiro atoms. The van der Waals surface area contributed by atoms with E-state index in [2.05, 4.69) is 0 Å². The molecule has 3 atom stereocenters. The van der Waals surface area contributed by atoms with Gasteiger partial charge < -0.3 is 18.9 Å². The van der Waals surface area contributed by atoms with Crippen molar-refractivity contribution in [1.29, 1.82) is 0 Å². The van der Waals surface area contributed by atoms with E-state index < -0.39 is 0 Å². The molecule has 3 unspecified atom stereocenters. The molecule has 1 aromatic carbocycles. The van der Waals surface area contributed by atoms with Crippen LogP contribution in [0.5, 0.6) is 11.5 Å². The van der Waals surface area contributed by atoms with E-state index in [4.69, 9.17) is 18.9 Å². The Balaban J connectivity index is 1.25. The van der Waals surface area contributed by atoms with Crippen molar-refractivity contribution < 1.29 is 28.5 Å². The second kappa shape index (κ2) is 8.32. The van der Waals surface area contributed by atoms with E-state index in [1.807, 2.05) is 18.2 Å². The molecule has 4 aliphatic rings. The van der Waals surface area contributed by atoms with Crippen molar-refractivity contribution >= 4 is 17.3 Å². The van der Waals surface area contributed by atoms with Gasteiger partial charge in [-0.25, -0.2) is 0 Å². The molecule has 6 heteroatoms. The molecule has 2 heterocycles. The average Bonchev–Trinajstić information content (AvgIpc) is 2.79. The summed E-state index contributed by atoms with van der Waals surface area (Å²) < 4.78 is 23.0. The smallest absolute Gasteiger partial charge is 0.309 e. The minimum absolute atomic E-state index is 0.0482. The number of ketones is 1. The van der Waals surface area contributed by atoms with Gasteiger partial charge >= 0.3 is 5.97 Å². The molecule has 0 amide bonds. The maximum Gasteiger partial charge on any atom is 0.309 e. The topological polar surface area (TPSA) is 71.1 Å². The molecule has 2 aliphatic carbocycles. The molecule has 2 saturated carbocycles. The minimum atomic E-state index is -0.226. The number of rotatable bonds is 3. The number of allylic oxidation sites excluding steroid dienone is 1. The Hall–Kier alpha value is -2.50. The molecule has 0 radical (unpaired) electrons. The van der Waals surface area contributed by atoms with Gasteiger partial charge in [-0.15, -0.1) is 0 Å². The van der Waals surface area contributed by atoms with Gasteiger partial charge in [-0.05, 0) is 43.4 Å². The van der Waals surface area contributed by atoms with Crippen LogP contribution in [-0.4, -0.2) is 37.2 Å². The fourth-order valence-electron chi connectivity index (χ4n) is 5.08. The molecule has 1 aromatic rings. The lowest BCUT2D eigenvalue weighted by molar-refractivity contribution is -0.160. The summed E-state index contributed by atoms with van der Waals surface area (Å²) in [4.78, 5) is 25.7. The zero-order valence-electron chi connectivity index (χ0n) is 17.1. The third kappa shape index (κ3) is 3.80. The molecular formula is C24H28O6.